The quantitative estimate of drug-likeness (QED) is 0.488. The standard InChI is InChI=1S/C9H12.C5H11Cl/c1-8(2)9-6-4-3-5-7-9;1-2-3-4-5-6/h3-8H,1-2H3;2-5H2,1H3. The zero-order valence-corrected chi connectivity index (χ0v) is 10.9. The van der Waals surface area contributed by atoms with Gasteiger partial charge in [0.25, 0.3) is 0 Å². The minimum atomic E-state index is 0.659. The van der Waals surface area contributed by atoms with E-state index in [1.165, 1.54) is 24.8 Å². The number of benzene rings is 1. The molecule has 1 aromatic rings. The molecular weight excluding hydrogens is 204 g/mol. The topological polar surface area (TPSA) is 0 Å². The fourth-order valence-electron chi connectivity index (χ4n) is 1.18. The molecule has 0 saturated heterocycles. The van der Waals surface area contributed by atoms with Crippen LogP contribution in [0.2, 0.25) is 0 Å². The smallest absolute Gasteiger partial charge is 0.0223 e. The Morgan fingerprint density at radius 1 is 1.07 bits per heavy atom. The Morgan fingerprint density at radius 3 is 1.93 bits per heavy atom. The molecule has 0 heterocycles. The van der Waals surface area contributed by atoms with Gasteiger partial charge >= 0.3 is 0 Å². The lowest BCUT2D eigenvalue weighted by Gasteiger charge is -2.01. The molecule has 0 atom stereocenters. The lowest BCUT2D eigenvalue weighted by molar-refractivity contribution is 0.776. The number of alkyl halides is 1. The van der Waals surface area contributed by atoms with Crippen molar-refractivity contribution in [2.24, 2.45) is 0 Å². The van der Waals surface area contributed by atoms with Gasteiger partial charge in [0.15, 0.2) is 0 Å². The summed E-state index contributed by atoms with van der Waals surface area (Å²) in [5.74, 6) is 1.49. The predicted molar refractivity (Wildman–Crippen MR) is 70.8 cm³/mol. The highest BCUT2D eigenvalue weighted by Gasteiger charge is 1.93. The molecule has 0 N–H and O–H groups in total. The highest BCUT2D eigenvalue weighted by molar-refractivity contribution is 6.17. The Kier molecular flexibility index (Phi) is 9.71. The van der Waals surface area contributed by atoms with Gasteiger partial charge in [-0.15, -0.1) is 11.6 Å². The van der Waals surface area contributed by atoms with Crippen LogP contribution in [-0.4, -0.2) is 5.88 Å². The monoisotopic (exact) mass is 226 g/mol. The maximum absolute atomic E-state index is 5.38. The normalized spacial score (nSPS) is 9.67. The number of hydrogen-bond acceptors (Lipinski definition) is 0. The van der Waals surface area contributed by atoms with E-state index in [0.29, 0.717) is 5.92 Å². The average molecular weight is 227 g/mol. The van der Waals surface area contributed by atoms with E-state index in [2.05, 4.69) is 45.0 Å². The average Bonchev–Trinajstić information content (AvgIpc) is 2.28. The Hall–Kier alpha value is -0.490. The molecule has 0 amide bonds. The molecule has 0 fully saturated rings. The van der Waals surface area contributed by atoms with Gasteiger partial charge in [0.2, 0.25) is 0 Å². The molecule has 1 aromatic carbocycles. The zero-order valence-electron chi connectivity index (χ0n) is 10.2. The summed E-state index contributed by atoms with van der Waals surface area (Å²) in [7, 11) is 0. The zero-order chi connectivity index (χ0) is 11.5. The first-order chi connectivity index (χ1) is 7.22. The van der Waals surface area contributed by atoms with Crippen molar-refractivity contribution >= 4 is 11.6 Å². The number of unbranched alkanes of at least 4 members (excludes halogenated alkanes) is 2. The summed E-state index contributed by atoms with van der Waals surface area (Å²) in [5, 5.41) is 0. The van der Waals surface area contributed by atoms with Crippen molar-refractivity contribution in [2.75, 3.05) is 5.88 Å². The number of rotatable bonds is 4. The second-order valence-corrected chi connectivity index (χ2v) is 4.34. The molecule has 0 aliphatic carbocycles. The molecule has 0 unspecified atom stereocenters. The second-order valence-electron chi connectivity index (χ2n) is 3.96. The third-order valence-electron chi connectivity index (χ3n) is 2.20. The van der Waals surface area contributed by atoms with Crippen molar-refractivity contribution in [1.29, 1.82) is 0 Å². The summed E-state index contributed by atoms with van der Waals surface area (Å²) in [5.41, 5.74) is 1.41. The molecule has 1 heteroatoms. The highest BCUT2D eigenvalue weighted by atomic mass is 35.5. The molecule has 15 heavy (non-hydrogen) atoms. The molecule has 86 valence electrons. The van der Waals surface area contributed by atoms with Crippen LogP contribution >= 0.6 is 11.6 Å². The van der Waals surface area contributed by atoms with E-state index in [-0.39, 0.29) is 0 Å². The molecule has 0 bridgehead atoms. The van der Waals surface area contributed by atoms with E-state index in [9.17, 15) is 0 Å². The van der Waals surface area contributed by atoms with Gasteiger partial charge in [0.1, 0.15) is 0 Å². The van der Waals surface area contributed by atoms with Gasteiger partial charge < -0.3 is 0 Å². The maximum Gasteiger partial charge on any atom is 0.0223 e. The van der Waals surface area contributed by atoms with Gasteiger partial charge in [0.05, 0.1) is 0 Å². The summed E-state index contributed by atoms with van der Waals surface area (Å²) in [6.45, 7) is 6.58. The van der Waals surface area contributed by atoms with Gasteiger partial charge in [0, 0.05) is 5.88 Å². The molecule has 0 aliphatic heterocycles. The summed E-state index contributed by atoms with van der Waals surface area (Å²) >= 11 is 5.38. The first kappa shape index (κ1) is 14.5. The van der Waals surface area contributed by atoms with Crippen molar-refractivity contribution in [3.8, 4) is 0 Å². The summed E-state index contributed by atoms with van der Waals surface area (Å²) in [4.78, 5) is 0. The van der Waals surface area contributed by atoms with Crippen LogP contribution in [0, 0.1) is 0 Å². The van der Waals surface area contributed by atoms with Gasteiger partial charge in [-0.05, 0) is 17.9 Å². The molecule has 0 saturated carbocycles. The summed E-state index contributed by atoms with van der Waals surface area (Å²) in [6, 6.07) is 10.5. The summed E-state index contributed by atoms with van der Waals surface area (Å²) < 4.78 is 0. The lowest BCUT2D eigenvalue weighted by Crippen LogP contribution is -1.83. The largest absolute Gasteiger partial charge is 0.127 e. The minimum absolute atomic E-state index is 0.659. The minimum Gasteiger partial charge on any atom is -0.127 e. The molecule has 0 aliphatic rings. The molecule has 0 spiro atoms. The van der Waals surface area contributed by atoms with Crippen molar-refractivity contribution in [1.82, 2.24) is 0 Å². The van der Waals surface area contributed by atoms with E-state index in [1.807, 2.05) is 6.07 Å². The van der Waals surface area contributed by atoms with E-state index in [0.717, 1.165) is 5.88 Å². The molecular formula is C14H23Cl. The lowest BCUT2D eigenvalue weighted by atomic mass is 10.0. The fraction of sp³-hybridized carbons (Fsp3) is 0.571. The highest BCUT2D eigenvalue weighted by Crippen LogP contribution is 2.11. The van der Waals surface area contributed by atoms with Crippen LogP contribution in [0.3, 0.4) is 0 Å². The maximum atomic E-state index is 5.38. The van der Waals surface area contributed by atoms with Crippen LogP contribution in [0.4, 0.5) is 0 Å². The van der Waals surface area contributed by atoms with Crippen LogP contribution in [-0.2, 0) is 0 Å². The van der Waals surface area contributed by atoms with Crippen LogP contribution in [0.15, 0.2) is 30.3 Å². The van der Waals surface area contributed by atoms with Gasteiger partial charge in [-0.25, -0.2) is 0 Å². The Labute approximate surface area is 99.7 Å². The second kappa shape index (κ2) is 10.0. The number of halogens is 1. The van der Waals surface area contributed by atoms with Crippen molar-refractivity contribution < 1.29 is 0 Å². The Balaban J connectivity index is 0.000000288. The molecule has 0 nitrogen and oxygen atoms in total. The van der Waals surface area contributed by atoms with Crippen LogP contribution < -0.4 is 0 Å². The third kappa shape index (κ3) is 8.50. The Morgan fingerprint density at radius 2 is 1.67 bits per heavy atom. The number of hydrogen-bond donors (Lipinski definition) is 0. The SMILES string of the molecule is CC(C)c1ccccc1.CCCCCCl. The fourth-order valence-corrected chi connectivity index (χ4v) is 1.37. The van der Waals surface area contributed by atoms with E-state index in [4.69, 9.17) is 11.6 Å². The van der Waals surface area contributed by atoms with Gasteiger partial charge in [-0.1, -0.05) is 63.9 Å². The van der Waals surface area contributed by atoms with E-state index < -0.39 is 0 Å². The van der Waals surface area contributed by atoms with Crippen molar-refractivity contribution in [2.45, 2.75) is 46.0 Å². The Bertz CT molecular complexity index is 212. The van der Waals surface area contributed by atoms with E-state index >= 15 is 0 Å². The van der Waals surface area contributed by atoms with Crippen LogP contribution in [0.25, 0.3) is 0 Å². The molecule has 0 radical (unpaired) electrons. The van der Waals surface area contributed by atoms with Gasteiger partial charge in [-0.3, -0.25) is 0 Å². The predicted octanol–water partition coefficient (Wildman–Crippen LogP) is 5.23. The summed E-state index contributed by atoms with van der Waals surface area (Å²) in [6.07, 6.45) is 3.73. The van der Waals surface area contributed by atoms with Crippen LogP contribution in [0.5, 0.6) is 0 Å². The first-order valence-electron chi connectivity index (χ1n) is 5.83. The molecule has 0 aromatic heterocycles. The third-order valence-corrected chi connectivity index (χ3v) is 2.47. The van der Waals surface area contributed by atoms with Crippen molar-refractivity contribution in [3.05, 3.63) is 35.9 Å². The molecule has 1 rings (SSSR count). The first-order valence-corrected chi connectivity index (χ1v) is 6.36. The van der Waals surface area contributed by atoms with Crippen LogP contribution in [0.1, 0.15) is 51.5 Å². The van der Waals surface area contributed by atoms with E-state index in [1.54, 1.807) is 0 Å². The van der Waals surface area contributed by atoms with Gasteiger partial charge in [-0.2, -0.15) is 0 Å². The van der Waals surface area contributed by atoms with Crippen molar-refractivity contribution in [3.63, 3.8) is 0 Å².